The predicted molar refractivity (Wildman–Crippen MR) is 144 cm³/mol. The van der Waals surface area contributed by atoms with Gasteiger partial charge in [0.1, 0.15) is 0 Å². The Morgan fingerprint density at radius 1 is 0.375 bits per heavy atom. The molecule has 0 heterocycles. The van der Waals surface area contributed by atoms with Gasteiger partial charge in [-0.1, -0.05) is 121 Å². The van der Waals surface area contributed by atoms with Gasteiger partial charge in [-0.25, -0.2) is 0 Å². The Kier molecular flexibility index (Phi) is 12.2. The topological polar surface area (TPSA) is 0 Å². The zero-order valence-electron chi connectivity index (χ0n) is 18.0. The van der Waals surface area contributed by atoms with E-state index in [9.17, 15) is 0 Å². The minimum atomic E-state index is -0.283. The van der Waals surface area contributed by atoms with Crippen molar-refractivity contribution in [2.75, 3.05) is 12.3 Å². The Balaban J connectivity index is 0.00000181. The first-order chi connectivity index (χ1) is 14.9. The van der Waals surface area contributed by atoms with E-state index in [1.165, 1.54) is 46.4 Å². The summed E-state index contributed by atoms with van der Waals surface area (Å²) in [5.41, 5.74) is 0. The third kappa shape index (κ3) is 7.54. The Hall–Kier alpha value is -1.48. The monoisotopic (exact) mass is 520 g/mol. The SMILES string of the molecule is Cl.[Ni].c1ccc(P(CCCCP(c2ccccc2)c2ccccc2)c2ccccc2)cc1. The molecule has 0 bridgehead atoms. The first-order valence-corrected chi connectivity index (χ1v) is 13.7. The molecule has 0 amide bonds. The van der Waals surface area contributed by atoms with E-state index in [1.807, 2.05) is 0 Å². The summed E-state index contributed by atoms with van der Waals surface area (Å²) in [5.74, 6) is 0. The van der Waals surface area contributed by atoms with E-state index in [1.54, 1.807) is 0 Å². The minimum Gasteiger partial charge on any atom is -0.147 e. The average molecular weight is 522 g/mol. The van der Waals surface area contributed by atoms with Crippen LogP contribution in [-0.4, -0.2) is 12.3 Å². The Bertz CT molecular complexity index is 835. The van der Waals surface area contributed by atoms with Gasteiger partial charge in [0.2, 0.25) is 0 Å². The molecule has 0 spiro atoms. The van der Waals surface area contributed by atoms with E-state index in [2.05, 4.69) is 121 Å². The zero-order valence-corrected chi connectivity index (χ0v) is 21.6. The molecule has 0 saturated carbocycles. The van der Waals surface area contributed by atoms with Gasteiger partial charge in [0.25, 0.3) is 0 Å². The van der Waals surface area contributed by atoms with E-state index in [0.29, 0.717) is 0 Å². The molecule has 0 nitrogen and oxygen atoms in total. The third-order valence-corrected chi connectivity index (χ3v) is 10.5. The second kappa shape index (κ2) is 14.6. The van der Waals surface area contributed by atoms with Gasteiger partial charge in [0, 0.05) is 16.5 Å². The van der Waals surface area contributed by atoms with Gasteiger partial charge < -0.3 is 0 Å². The van der Waals surface area contributed by atoms with Crippen LogP contribution in [0.3, 0.4) is 0 Å². The fraction of sp³-hybridized carbons (Fsp3) is 0.143. The minimum absolute atomic E-state index is 0. The molecule has 0 unspecified atom stereocenters. The van der Waals surface area contributed by atoms with Crippen molar-refractivity contribution in [3.63, 3.8) is 0 Å². The van der Waals surface area contributed by atoms with E-state index >= 15 is 0 Å². The molecule has 0 fully saturated rings. The summed E-state index contributed by atoms with van der Waals surface area (Å²) in [4.78, 5) is 0. The van der Waals surface area contributed by atoms with E-state index in [0.717, 1.165) is 0 Å². The smallest absolute Gasteiger partial charge is 0 e. The van der Waals surface area contributed by atoms with Gasteiger partial charge in [-0.15, -0.1) is 12.4 Å². The van der Waals surface area contributed by atoms with Crippen LogP contribution in [0.25, 0.3) is 0 Å². The number of benzene rings is 4. The molecule has 4 rings (SSSR count). The van der Waals surface area contributed by atoms with Crippen molar-refractivity contribution in [2.45, 2.75) is 12.8 Å². The molecule has 168 valence electrons. The first kappa shape index (κ1) is 26.8. The van der Waals surface area contributed by atoms with Gasteiger partial charge in [-0.05, 0) is 62.2 Å². The normalized spacial score (nSPS) is 10.4. The molecule has 0 aliphatic rings. The van der Waals surface area contributed by atoms with Crippen molar-refractivity contribution in [1.29, 1.82) is 0 Å². The Morgan fingerprint density at radius 3 is 0.812 bits per heavy atom. The Morgan fingerprint density at radius 2 is 0.594 bits per heavy atom. The molecule has 32 heavy (non-hydrogen) atoms. The molecule has 0 radical (unpaired) electrons. The third-order valence-electron chi connectivity index (χ3n) is 5.28. The van der Waals surface area contributed by atoms with Gasteiger partial charge >= 0.3 is 0 Å². The summed E-state index contributed by atoms with van der Waals surface area (Å²) in [6.07, 6.45) is 5.06. The van der Waals surface area contributed by atoms with E-state index in [4.69, 9.17) is 0 Å². The molecule has 0 atom stereocenters. The summed E-state index contributed by atoms with van der Waals surface area (Å²) in [6, 6.07) is 44.3. The van der Waals surface area contributed by atoms with Crippen LogP contribution >= 0.6 is 28.3 Å². The van der Waals surface area contributed by atoms with Crippen molar-refractivity contribution >= 4 is 49.5 Å². The van der Waals surface area contributed by atoms with E-state index < -0.39 is 0 Å². The van der Waals surface area contributed by atoms with Gasteiger partial charge in [-0.2, -0.15) is 0 Å². The van der Waals surface area contributed by atoms with Gasteiger partial charge in [0.05, 0.1) is 0 Å². The predicted octanol–water partition coefficient (Wildman–Crippen LogP) is 6.45. The molecular weight excluding hydrogens is 492 g/mol. The van der Waals surface area contributed by atoms with Crippen LogP contribution in [-0.2, 0) is 16.5 Å². The van der Waals surface area contributed by atoms with Crippen molar-refractivity contribution in [3.8, 4) is 0 Å². The van der Waals surface area contributed by atoms with Crippen molar-refractivity contribution < 1.29 is 16.5 Å². The second-order valence-corrected chi connectivity index (χ2v) is 12.0. The van der Waals surface area contributed by atoms with Crippen LogP contribution in [0.15, 0.2) is 121 Å². The summed E-state index contributed by atoms with van der Waals surface area (Å²) < 4.78 is 0. The van der Waals surface area contributed by atoms with Crippen molar-refractivity contribution in [2.24, 2.45) is 0 Å². The van der Waals surface area contributed by atoms with Gasteiger partial charge in [0.15, 0.2) is 0 Å². The number of hydrogen-bond acceptors (Lipinski definition) is 0. The summed E-state index contributed by atoms with van der Waals surface area (Å²) >= 11 is 0. The van der Waals surface area contributed by atoms with Crippen LogP contribution in [0.4, 0.5) is 0 Å². The number of halogens is 1. The summed E-state index contributed by atoms with van der Waals surface area (Å²) in [5, 5.41) is 5.97. The zero-order chi connectivity index (χ0) is 20.4. The number of rotatable bonds is 9. The quantitative estimate of drug-likeness (QED) is 0.135. The molecule has 0 N–H and O–H groups in total. The fourth-order valence-corrected chi connectivity index (χ4v) is 8.62. The second-order valence-electron chi connectivity index (χ2n) is 7.35. The summed E-state index contributed by atoms with van der Waals surface area (Å²) in [6.45, 7) is 0. The van der Waals surface area contributed by atoms with Crippen LogP contribution < -0.4 is 21.2 Å². The van der Waals surface area contributed by atoms with Crippen molar-refractivity contribution in [1.82, 2.24) is 0 Å². The fourth-order valence-electron chi connectivity index (χ4n) is 3.79. The molecule has 4 heteroatoms. The number of hydrogen-bond donors (Lipinski definition) is 0. The molecule has 0 aromatic heterocycles. The van der Waals surface area contributed by atoms with E-state index in [-0.39, 0.29) is 44.7 Å². The maximum absolute atomic E-state index is 2.31. The Labute approximate surface area is 211 Å². The molecule has 4 aromatic carbocycles. The van der Waals surface area contributed by atoms with Crippen LogP contribution in [0.5, 0.6) is 0 Å². The average Bonchev–Trinajstić information content (AvgIpc) is 2.84. The summed E-state index contributed by atoms with van der Waals surface area (Å²) in [7, 11) is -0.566. The largest absolute Gasteiger partial charge is 0.147 e. The standard InChI is InChI=1S/C28H28P2.ClH.Ni/c1-5-15-25(16-6-1)29(26-17-7-2-8-18-26)23-13-14-24-30(27-19-9-3-10-20-27)28-21-11-4-12-22-28;;/h1-12,15-22H,13-14,23-24H2;1H;. The van der Waals surface area contributed by atoms with Crippen molar-refractivity contribution in [3.05, 3.63) is 121 Å². The van der Waals surface area contributed by atoms with Crippen LogP contribution in [0.2, 0.25) is 0 Å². The molecule has 4 aromatic rings. The van der Waals surface area contributed by atoms with Crippen LogP contribution in [0.1, 0.15) is 12.8 Å². The molecule has 0 aliphatic heterocycles. The molecular formula is C28H29ClNiP2. The molecule has 0 aliphatic carbocycles. The van der Waals surface area contributed by atoms with Gasteiger partial charge in [-0.3, -0.25) is 0 Å². The number of unbranched alkanes of at least 4 members (excludes halogenated alkanes) is 1. The maximum Gasteiger partial charge on any atom is 0 e. The molecule has 0 saturated heterocycles. The first-order valence-electron chi connectivity index (χ1n) is 10.7. The van der Waals surface area contributed by atoms with Crippen LogP contribution in [0, 0.1) is 0 Å². The maximum atomic E-state index is 2.31.